The van der Waals surface area contributed by atoms with Crippen LogP contribution in [-0.2, 0) is 9.59 Å². The molecular weight excluding hydrogens is 260 g/mol. The second-order valence-corrected chi connectivity index (χ2v) is 7.10. The maximum atomic E-state index is 12.8. The summed E-state index contributed by atoms with van der Waals surface area (Å²) in [5.41, 5.74) is -0.668. The third-order valence-corrected chi connectivity index (χ3v) is 5.30. The number of hydrogen-bond donors (Lipinski definition) is 1. The average molecular weight is 284 g/mol. The molecule has 0 aromatic rings. The molecule has 1 heterocycles. The summed E-state index contributed by atoms with van der Waals surface area (Å²) >= 11 is 1.84. The van der Waals surface area contributed by atoms with Gasteiger partial charge in [0.25, 0.3) is 0 Å². The monoisotopic (exact) mass is 284 g/mol. The number of nitrogens with one attached hydrogen (secondary N) is 1. The maximum Gasteiger partial charge on any atom is 0.248 e. The summed E-state index contributed by atoms with van der Waals surface area (Å²) in [7, 11) is 0. The van der Waals surface area contributed by atoms with Crippen LogP contribution < -0.4 is 5.32 Å². The molecule has 19 heavy (non-hydrogen) atoms. The number of amides is 2. The summed E-state index contributed by atoms with van der Waals surface area (Å²) in [6.45, 7) is 6.67. The van der Waals surface area contributed by atoms with Crippen LogP contribution >= 0.6 is 11.8 Å². The van der Waals surface area contributed by atoms with Gasteiger partial charge in [-0.25, -0.2) is 0 Å². The van der Waals surface area contributed by atoms with Crippen LogP contribution in [0.1, 0.15) is 40.0 Å². The molecule has 1 saturated heterocycles. The first-order valence-electron chi connectivity index (χ1n) is 7.19. The Labute approximate surface area is 119 Å². The van der Waals surface area contributed by atoms with Crippen LogP contribution in [0.3, 0.4) is 0 Å². The van der Waals surface area contributed by atoms with Gasteiger partial charge in [0.05, 0.1) is 0 Å². The lowest BCUT2D eigenvalue weighted by Gasteiger charge is -2.35. The first kappa shape index (κ1) is 14.7. The lowest BCUT2D eigenvalue weighted by Crippen LogP contribution is -2.58. The van der Waals surface area contributed by atoms with Gasteiger partial charge in [0, 0.05) is 24.8 Å². The Morgan fingerprint density at radius 3 is 2.74 bits per heavy atom. The minimum absolute atomic E-state index is 0.0144. The van der Waals surface area contributed by atoms with Gasteiger partial charge in [0.15, 0.2) is 0 Å². The van der Waals surface area contributed by atoms with Gasteiger partial charge < -0.3 is 10.2 Å². The van der Waals surface area contributed by atoms with E-state index in [1.165, 1.54) is 0 Å². The van der Waals surface area contributed by atoms with Crippen molar-refractivity contribution in [1.29, 1.82) is 0 Å². The Hall–Kier alpha value is -0.710. The molecule has 0 spiro atoms. The van der Waals surface area contributed by atoms with Gasteiger partial charge >= 0.3 is 0 Å². The van der Waals surface area contributed by atoms with Gasteiger partial charge in [-0.2, -0.15) is 11.8 Å². The second-order valence-electron chi connectivity index (χ2n) is 5.78. The molecule has 2 unspecified atom stereocenters. The average Bonchev–Trinajstić information content (AvgIpc) is 3.19. The van der Waals surface area contributed by atoms with Gasteiger partial charge in [-0.15, -0.1) is 0 Å². The van der Waals surface area contributed by atoms with Crippen molar-refractivity contribution in [2.75, 3.05) is 18.1 Å². The SMILES string of the molecule is CCSCC(C)N1CCC(=O)NC(C)(C2CC2)C1=O. The van der Waals surface area contributed by atoms with Gasteiger partial charge in [-0.1, -0.05) is 6.92 Å². The third kappa shape index (κ3) is 3.07. The van der Waals surface area contributed by atoms with Crippen LogP contribution in [-0.4, -0.2) is 46.3 Å². The van der Waals surface area contributed by atoms with Crippen molar-refractivity contribution in [2.24, 2.45) is 5.92 Å². The Morgan fingerprint density at radius 1 is 1.47 bits per heavy atom. The standard InChI is InChI=1S/C14H24N2O2S/c1-4-19-9-10(2)16-8-7-12(17)15-14(3,13(16)18)11-5-6-11/h10-11H,4-9H2,1-3H3,(H,15,17). The lowest BCUT2D eigenvalue weighted by atomic mass is 9.93. The number of nitrogens with zero attached hydrogens (tertiary/aromatic N) is 1. The molecule has 1 N–H and O–H groups in total. The molecule has 0 aromatic carbocycles. The number of rotatable bonds is 5. The van der Waals surface area contributed by atoms with E-state index in [0.717, 1.165) is 24.3 Å². The van der Waals surface area contributed by atoms with E-state index < -0.39 is 5.54 Å². The summed E-state index contributed by atoms with van der Waals surface area (Å²) in [4.78, 5) is 26.6. The van der Waals surface area contributed by atoms with E-state index in [0.29, 0.717) is 18.9 Å². The summed E-state index contributed by atoms with van der Waals surface area (Å²) in [6, 6.07) is 0.197. The molecule has 1 aliphatic heterocycles. The first-order chi connectivity index (χ1) is 8.99. The molecule has 2 rings (SSSR count). The number of thioether (sulfide) groups is 1. The summed E-state index contributed by atoms with van der Waals surface area (Å²) in [5.74, 6) is 2.46. The highest BCUT2D eigenvalue weighted by molar-refractivity contribution is 7.99. The summed E-state index contributed by atoms with van der Waals surface area (Å²) in [6.07, 6.45) is 2.53. The van der Waals surface area contributed by atoms with Crippen LogP contribution in [0.2, 0.25) is 0 Å². The Morgan fingerprint density at radius 2 is 2.16 bits per heavy atom. The van der Waals surface area contributed by atoms with Gasteiger partial charge in [0.2, 0.25) is 11.8 Å². The van der Waals surface area contributed by atoms with Crippen molar-refractivity contribution in [3.05, 3.63) is 0 Å². The molecule has 0 bridgehead atoms. The number of hydrogen-bond acceptors (Lipinski definition) is 3. The molecule has 2 aliphatic rings. The van der Waals surface area contributed by atoms with E-state index in [1.807, 2.05) is 23.6 Å². The number of carbonyl (C=O) groups is 2. The molecule has 2 amide bonds. The highest BCUT2D eigenvalue weighted by atomic mass is 32.2. The van der Waals surface area contributed by atoms with Crippen molar-refractivity contribution in [1.82, 2.24) is 10.2 Å². The van der Waals surface area contributed by atoms with Crippen molar-refractivity contribution in [3.8, 4) is 0 Å². The minimum atomic E-state index is -0.668. The van der Waals surface area contributed by atoms with Crippen molar-refractivity contribution >= 4 is 23.6 Å². The normalized spacial score (nSPS) is 29.9. The highest BCUT2D eigenvalue weighted by Crippen LogP contribution is 2.41. The van der Waals surface area contributed by atoms with E-state index >= 15 is 0 Å². The van der Waals surface area contributed by atoms with E-state index in [-0.39, 0.29) is 17.9 Å². The molecule has 5 heteroatoms. The van der Waals surface area contributed by atoms with Crippen LogP contribution in [0.4, 0.5) is 0 Å². The molecular formula is C14H24N2O2S. The molecule has 1 aliphatic carbocycles. The molecule has 1 saturated carbocycles. The molecule has 2 atom stereocenters. The van der Waals surface area contributed by atoms with Crippen molar-refractivity contribution < 1.29 is 9.59 Å². The summed E-state index contributed by atoms with van der Waals surface area (Å²) < 4.78 is 0. The fourth-order valence-corrected chi connectivity index (χ4v) is 3.52. The van der Waals surface area contributed by atoms with Gasteiger partial charge in [-0.05, 0) is 38.4 Å². The van der Waals surface area contributed by atoms with E-state index in [1.54, 1.807) is 0 Å². The lowest BCUT2D eigenvalue weighted by molar-refractivity contribution is -0.140. The quantitative estimate of drug-likeness (QED) is 0.835. The third-order valence-electron chi connectivity index (χ3n) is 4.17. The van der Waals surface area contributed by atoms with Gasteiger partial charge in [-0.3, -0.25) is 9.59 Å². The summed E-state index contributed by atoms with van der Waals surface area (Å²) in [5, 5.41) is 2.97. The fraction of sp³-hybridized carbons (Fsp3) is 0.857. The zero-order valence-electron chi connectivity index (χ0n) is 12.1. The number of carbonyl (C=O) groups excluding carboxylic acids is 2. The molecule has 0 radical (unpaired) electrons. The Balaban J connectivity index is 2.14. The molecule has 2 fully saturated rings. The Kier molecular flexibility index (Phi) is 4.43. The van der Waals surface area contributed by atoms with Crippen molar-refractivity contribution in [3.63, 3.8) is 0 Å². The molecule has 0 aromatic heterocycles. The largest absolute Gasteiger partial charge is 0.342 e. The predicted octanol–water partition coefficient (Wildman–Crippen LogP) is 1.65. The van der Waals surface area contributed by atoms with E-state index in [9.17, 15) is 9.59 Å². The van der Waals surface area contributed by atoms with Crippen molar-refractivity contribution in [2.45, 2.75) is 51.6 Å². The molecule has 4 nitrogen and oxygen atoms in total. The van der Waals surface area contributed by atoms with E-state index in [4.69, 9.17) is 0 Å². The van der Waals surface area contributed by atoms with Crippen LogP contribution in [0, 0.1) is 5.92 Å². The second kappa shape index (κ2) is 5.73. The zero-order chi connectivity index (χ0) is 14.0. The Bertz CT molecular complexity index is 370. The van der Waals surface area contributed by atoms with Gasteiger partial charge in [0.1, 0.15) is 5.54 Å². The predicted molar refractivity (Wildman–Crippen MR) is 78.1 cm³/mol. The fourth-order valence-electron chi connectivity index (χ4n) is 2.76. The van der Waals surface area contributed by atoms with Crippen LogP contribution in [0.25, 0.3) is 0 Å². The highest BCUT2D eigenvalue weighted by Gasteiger charge is 2.51. The van der Waals surface area contributed by atoms with Crippen LogP contribution in [0.15, 0.2) is 0 Å². The smallest absolute Gasteiger partial charge is 0.248 e. The minimum Gasteiger partial charge on any atom is -0.342 e. The topological polar surface area (TPSA) is 49.4 Å². The maximum absolute atomic E-state index is 12.8. The zero-order valence-corrected chi connectivity index (χ0v) is 12.9. The molecule has 108 valence electrons. The van der Waals surface area contributed by atoms with E-state index in [2.05, 4.69) is 19.2 Å². The van der Waals surface area contributed by atoms with Crippen LogP contribution in [0.5, 0.6) is 0 Å². The first-order valence-corrected chi connectivity index (χ1v) is 8.34.